The minimum atomic E-state index is -0.203. The standard InChI is InChI=1S/C25H22N4O5S/c1-31-18-9-10-19(21(13-18)32-2)26-23(30)14-35-25-28-27-24(29(25)17-6-4-3-5-7-17)16-8-11-20-22(12-16)34-15-33-20/h3-13H,14-15H2,1-2H3,(H,26,30). The number of carbonyl (C=O) groups is 1. The summed E-state index contributed by atoms with van der Waals surface area (Å²) in [5.74, 6) is 3.06. The molecule has 178 valence electrons. The predicted molar refractivity (Wildman–Crippen MR) is 132 cm³/mol. The summed E-state index contributed by atoms with van der Waals surface area (Å²) < 4.78 is 23.4. The maximum atomic E-state index is 12.8. The van der Waals surface area contributed by atoms with E-state index in [0.29, 0.717) is 39.7 Å². The van der Waals surface area contributed by atoms with Crippen molar-refractivity contribution in [1.82, 2.24) is 14.8 Å². The van der Waals surface area contributed by atoms with Gasteiger partial charge in [0, 0.05) is 17.3 Å². The van der Waals surface area contributed by atoms with Crippen LogP contribution in [0.2, 0.25) is 0 Å². The zero-order valence-corrected chi connectivity index (χ0v) is 19.9. The minimum Gasteiger partial charge on any atom is -0.497 e. The summed E-state index contributed by atoms with van der Waals surface area (Å²) in [4.78, 5) is 12.8. The summed E-state index contributed by atoms with van der Waals surface area (Å²) in [5.41, 5.74) is 2.26. The second-order valence-electron chi connectivity index (χ2n) is 7.45. The Morgan fingerprint density at radius 1 is 1.00 bits per heavy atom. The van der Waals surface area contributed by atoms with E-state index in [-0.39, 0.29) is 18.5 Å². The fourth-order valence-corrected chi connectivity index (χ4v) is 4.37. The van der Waals surface area contributed by atoms with Gasteiger partial charge in [-0.25, -0.2) is 0 Å². The first-order valence-electron chi connectivity index (χ1n) is 10.7. The molecule has 0 radical (unpaired) electrons. The number of para-hydroxylation sites is 1. The van der Waals surface area contributed by atoms with Crippen LogP contribution in [-0.2, 0) is 4.79 Å². The molecule has 1 amide bonds. The van der Waals surface area contributed by atoms with Crippen LogP contribution in [0.25, 0.3) is 17.1 Å². The molecule has 0 saturated heterocycles. The van der Waals surface area contributed by atoms with Gasteiger partial charge < -0.3 is 24.3 Å². The second kappa shape index (κ2) is 9.98. The Morgan fingerprint density at radius 3 is 2.63 bits per heavy atom. The molecule has 3 aromatic carbocycles. The number of amides is 1. The molecule has 10 heteroatoms. The molecule has 0 saturated carbocycles. The Hall–Kier alpha value is -4.18. The van der Waals surface area contributed by atoms with Gasteiger partial charge in [0.25, 0.3) is 0 Å². The van der Waals surface area contributed by atoms with Crippen molar-refractivity contribution in [3.63, 3.8) is 0 Å². The maximum Gasteiger partial charge on any atom is 0.234 e. The van der Waals surface area contributed by atoms with E-state index in [0.717, 1.165) is 11.3 Å². The molecular formula is C25H22N4O5S. The Morgan fingerprint density at radius 2 is 1.83 bits per heavy atom. The van der Waals surface area contributed by atoms with Crippen molar-refractivity contribution in [2.24, 2.45) is 0 Å². The molecule has 0 fully saturated rings. The van der Waals surface area contributed by atoms with E-state index in [1.54, 1.807) is 32.4 Å². The van der Waals surface area contributed by atoms with E-state index in [2.05, 4.69) is 15.5 Å². The SMILES string of the molecule is COc1ccc(NC(=O)CSc2nnc(-c3ccc4c(c3)OCO4)n2-c2ccccc2)c(OC)c1. The molecule has 1 aliphatic rings. The third-order valence-electron chi connectivity index (χ3n) is 5.29. The van der Waals surface area contributed by atoms with Crippen molar-refractivity contribution in [3.05, 3.63) is 66.7 Å². The van der Waals surface area contributed by atoms with Crippen LogP contribution in [0.1, 0.15) is 0 Å². The number of aromatic nitrogens is 3. The summed E-state index contributed by atoms with van der Waals surface area (Å²) >= 11 is 1.29. The van der Waals surface area contributed by atoms with Gasteiger partial charge >= 0.3 is 0 Å². The molecule has 4 aromatic rings. The monoisotopic (exact) mass is 490 g/mol. The molecule has 1 aromatic heterocycles. The predicted octanol–water partition coefficient (Wildman–Crippen LogP) is 4.41. The molecule has 1 N–H and O–H groups in total. The molecule has 0 aliphatic carbocycles. The van der Waals surface area contributed by atoms with E-state index in [4.69, 9.17) is 18.9 Å². The van der Waals surface area contributed by atoms with E-state index in [1.165, 1.54) is 11.8 Å². The molecule has 0 atom stereocenters. The number of benzene rings is 3. The van der Waals surface area contributed by atoms with Gasteiger partial charge in [0.1, 0.15) is 11.5 Å². The highest BCUT2D eigenvalue weighted by atomic mass is 32.2. The Kier molecular flexibility index (Phi) is 6.44. The normalized spacial score (nSPS) is 11.8. The summed E-state index contributed by atoms with van der Waals surface area (Å²) in [6.07, 6.45) is 0. The lowest BCUT2D eigenvalue weighted by Gasteiger charge is -2.12. The van der Waals surface area contributed by atoms with Gasteiger partial charge in [0.05, 0.1) is 25.7 Å². The lowest BCUT2D eigenvalue weighted by Crippen LogP contribution is -2.15. The average Bonchev–Trinajstić information content (AvgIpc) is 3.54. The third kappa shape index (κ3) is 4.73. The van der Waals surface area contributed by atoms with Gasteiger partial charge in [0.15, 0.2) is 22.5 Å². The molecule has 1 aliphatic heterocycles. The number of nitrogens with one attached hydrogen (secondary N) is 1. The zero-order chi connectivity index (χ0) is 24.2. The van der Waals surface area contributed by atoms with E-state index in [1.807, 2.05) is 53.1 Å². The number of methoxy groups -OCH3 is 2. The molecule has 35 heavy (non-hydrogen) atoms. The summed E-state index contributed by atoms with van der Waals surface area (Å²) in [6, 6.07) is 20.6. The number of carbonyl (C=O) groups excluding carboxylic acids is 1. The number of ether oxygens (including phenoxy) is 4. The van der Waals surface area contributed by atoms with Crippen LogP contribution in [0.3, 0.4) is 0 Å². The lowest BCUT2D eigenvalue weighted by molar-refractivity contribution is -0.113. The van der Waals surface area contributed by atoms with Crippen LogP contribution in [0.4, 0.5) is 5.69 Å². The fourth-order valence-electron chi connectivity index (χ4n) is 3.61. The summed E-state index contributed by atoms with van der Waals surface area (Å²) in [5, 5.41) is 12.3. The van der Waals surface area contributed by atoms with Crippen LogP contribution in [0.15, 0.2) is 71.9 Å². The molecule has 0 spiro atoms. The molecule has 5 rings (SSSR count). The van der Waals surface area contributed by atoms with Gasteiger partial charge in [-0.15, -0.1) is 10.2 Å². The molecule has 9 nitrogen and oxygen atoms in total. The number of nitrogens with zero attached hydrogens (tertiary/aromatic N) is 3. The zero-order valence-electron chi connectivity index (χ0n) is 19.1. The molecule has 0 bridgehead atoms. The number of thioether (sulfide) groups is 1. The number of fused-ring (bicyclic) bond motifs is 1. The van der Waals surface area contributed by atoms with Gasteiger partial charge in [-0.2, -0.15) is 0 Å². The van der Waals surface area contributed by atoms with Crippen LogP contribution >= 0.6 is 11.8 Å². The lowest BCUT2D eigenvalue weighted by atomic mass is 10.2. The van der Waals surface area contributed by atoms with Crippen LogP contribution in [0.5, 0.6) is 23.0 Å². The smallest absolute Gasteiger partial charge is 0.234 e. The maximum absolute atomic E-state index is 12.8. The Labute approximate surface area is 206 Å². The Bertz CT molecular complexity index is 1360. The van der Waals surface area contributed by atoms with Gasteiger partial charge in [-0.05, 0) is 42.5 Å². The van der Waals surface area contributed by atoms with Crippen molar-refractivity contribution in [2.45, 2.75) is 5.16 Å². The van der Waals surface area contributed by atoms with Crippen molar-refractivity contribution < 1.29 is 23.7 Å². The van der Waals surface area contributed by atoms with Crippen LogP contribution in [-0.4, -0.2) is 47.4 Å². The quantitative estimate of drug-likeness (QED) is 0.363. The van der Waals surface area contributed by atoms with Crippen molar-refractivity contribution in [2.75, 3.05) is 32.1 Å². The topological polar surface area (TPSA) is 96.7 Å². The Balaban J connectivity index is 1.39. The van der Waals surface area contributed by atoms with Crippen LogP contribution in [0, 0.1) is 0 Å². The number of hydrogen-bond donors (Lipinski definition) is 1. The number of hydrogen-bond acceptors (Lipinski definition) is 8. The van der Waals surface area contributed by atoms with Gasteiger partial charge in [0.2, 0.25) is 12.7 Å². The molecule has 2 heterocycles. The van der Waals surface area contributed by atoms with E-state index >= 15 is 0 Å². The molecule has 0 unspecified atom stereocenters. The molecular weight excluding hydrogens is 468 g/mol. The largest absolute Gasteiger partial charge is 0.497 e. The van der Waals surface area contributed by atoms with Crippen LogP contribution < -0.4 is 24.3 Å². The highest BCUT2D eigenvalue weighted by Crippen LogP contribution is 2.37. The average molecular weight is 491 g/mol. The van der Waals surface area contributed by atoms with Crippen molar-refractivity contribution in [3.8, 4) is 40.1 Å². The van der Waals surface area contributed by atoms with E-state index in [9.17, 15) is 4.79 Å². The second-order valence-corrected chi connectivity index (χ2v) is 8.39. The number of anilines is 1. The number of rotatable bonds is 8. The first kappa shape index (κ1) is 22.6. The van der Waals surface area contributed by atoms with Crippen molar-refractivity contribution in [1.29, 1.82) is 0 Å². The first-order valence-corrected chi connectivity index (χ1v) is 11.7. The van der Waals surface area contributed by atoms with E-state index < -0.39 is 0 Å². The van der Waals surface area contributed by atoms with Gasteiger partial charge in [-0.1, -0.05) is 30.0 Å². The van der Waals surface area contributed by atoms with Crippen molar-refractivity contribution >= 4 is 23.4 Å². The summed E-state index contributed by atoms with van der Waals surface area (Å²) in [6.45, 7) is 0.194. The first-order chi connectivity index (χ1) is 17.2. The van der Waals surface area contributed by atoms with Gasteiger partial charge in [-0.3, -0.25) is 9.36 Å². The summed E-state index contributed by atoms with van der Waals surface area (Å²) in [7, 11) is 3.11. The third-order valence-corrected chi connectivity index (χ3v) is 6.22. The fraction of sp³-hybridized carbons (Fsp3) is 0.160. The highest BCUT2D eigenvalue weighted by molar-refractivity contribution is 7.99. The highest BCUT2D eigenvalue weighted by Gasteiger charge is 2.21. The minimum absolute atomic E-state index is 0.126.